The molecule has 1 amide bonds. The van der Waals surface area contributed by atoms with Crippen LogP contribution in [0.4, 0.5) is 9.52 Å². The number of thiazole rings is 1. The van der Waals surface area contributed by atoms with E-state index in [0.29, 0.717) is 10.7 Å². The van der Waals surface area contributed by atoms with Gasteiger partial charge in [0, 0.05) is 5.38 Å². The number of carbonyl (C=O) groups is 1. The Balaban J connectivity index is 1.85. The third-order valence-corrected chi connectivity index (χ3v) is 4.24. The highest BCUT2D eigenvalue weighted by Crippen LogP contribution is 2.33. The number of benzene rings is 1. The predicted octanol–water partition coefficient (Wildman–Crippen LogP) is 3.71. The summed E-state index contributed by atoms with van der Waals surface area (Å²) in [5.74, 6) is -0.880. The summed E-state index contributed by atoms with van der Waals surface area (Å²) in [4.78, 5) is 15.7. The van der Waals surface area contributed by atoms with Crippen LogP contribution in [0.2, 0.25) is 5.02 Å². The highest BCUT2D eigenvalue weighted by atomic mass is 35.5. The number of halogens is 2. The fourth-order valence-electron chi connectivity index (χ4n) is 1.56. The Bertz CT molecular complexity index is 770. The molecular weight excluding hydrogens is 335 g/mol. The molecule has 21 heavy (non-hydrogen) atoms. The molecular formula is C12H6ClFN4OS2. The van der Waals surface area contributed by atoms with Crippen LogP contribution in [0, 0.1) is 5.82 Å². The van der Waals surface area contributed by atoms with E-state index in [1.54, 1.807) is 17.0 Å². The molecule has 0 radical (unpaired) electrons. The Labute approximate surface area is 131 Å². The summed E-state index contributed by atoms with van der Waals surface area (Å²) in [5.41, 5.74) is 2.02. The van der Waals surface area contributed by atoms with Gasteiger partial charge in [0.2, 0.25) is 5.13 Å². The summed E-state index contributed by atoms with van der Waals surface area (Å²) in [6.45, 7) is 0. The molecule has 1 aromatic carbocycles. The number of aromatic nitrogens is 3. The van der Waals surface area contributed by atoms with Gasteiger partial charge in [-0.15, -0.1) is 21.5 Å². The van der Waals surface area contributed by atoms with E-state index in [4.69, 9.17) is 11.6 Å². The van der Waals surface area contributed by atoms with Gasteiger partial charge in [-0.25, -0.2) is 9.37 Å². The van der Waals surface area contributed by atoms with Crippen molar-refractivity contribution < 1.29 is 9.18 Å². The molecule has 0 atom stereocenters. The standard InChI is InChI=1S/C12H6ClFN4OS2/c13-6-2-1-3-7(14)9(6)11-17-18-12(21-11)16-10(19)8-4-20-5-15-8/h1-5H,(H,16,18,19). The summed E-state index contributed by atoms with van der Waals surface area (Å²) in [7, 11) is 0. The first-order valence-electron chi connectivity index (χ1n) is 5.62. The SMILES string of the molecule is O=C(Nc1nnc(-c2c(F)cccc2Cl)s1)c1cscn1. The lowest BCUT2D eigenvalue weighted by molar-refractivity contribution is 0.102. The van der Waals surface area contributed by atoms with Gasteiger partial charge in [-0.3, -0.25) is 10.1 Å². The van der Waals surface area contributed by atoms with Gasteiger partial charge >= 0.3 is 0 Å². The van der Waals surface area contributed by atoms with E-state index in [-0.39, 0.29) is 15.7 Å². The quantitative estimate of drug-likeness (QED) is 0.789. The number of nitrogens with zero attached hydrogens (tertiary/aromatic N) is 3. The van der Waals surface area contributed by atoms with Crippen molar-refractivity contribution in [1.29, 1.82) is 0 Å². The van der Waals surface area contributed by atoms with Gasteiger partial charge in [-0.2, -0.15) is 0 Å². The lowest BCUT2D eigenvalue weighted by Gasteiger charge is -2.00. The molecule has 0 saturated carbocycles. The molecule has 0 fully saturated rings. The largest absolute Gasteiger partial charge is 0.295 e. The van der Waals surface area contributed by atoms with Crippen LogP contribution in [0.1, 0.15) is 10.5 Å². The van der Waals surface area contributed by atoms with E-state index in [1.807, 2.05) is 0 Å². The number of anilines is 1. The maximum Gasteiger partial charge on any atom is 0.276 e. The van der Waals surface area contributed by atoms with Crippen molar-refractivity contribution in [3.63, 3.8) is 0 Å². The van der Waals surface area contributed by atoms with Crippen LogP contribution in [0.5, 0.6) is 0 Å². The van der Waals surface area contributed by atoms with Crippen LogP contribution in [0.15, 0.2) is 29.1 Å². The smallest absolute Gasteiger partial charge is 0.276 e. The van der Waals surface area contributed by atoms with Crippen LogP contribution in [-0.2, 0) is 0 Å². The molecule has 0 aliphatic heterocycles. The van der Waals surface area contributed by atoms with Crippen LogP contribution >= 0.6 is 34.3 Å². The minimum atomic E-state index is -0.490. The summed E-state index contributed by atoms with van der Waals surface area (Å²) < 4.78 is 13.8. The molecule has 0 bridgehead atoms. The average Bonchev–Trinajstić information content (AvgIpc) is 3.10. The Morgan fingerprint density at radius 2 is 2.19 bits per heavy atom. The van der Waals surface area contributed by atoms with Gasteiger partial charge < -0.3 is 0 Å². The lowest BCUT2D eigenvalue weighted by atomic mass is 10.2. The minimum Gasteiger partial charge on any atom is -0.295 e. The van der Waals surface area contributed by atoms with Gasteiger partial charge in [0.25, 0.3) is 5.91 Å². The zero-order chi connectivity index (χ0) is 14.8. The molecule has 0 unspecified atom stereocenters. The van der Waals surface area contributed by atoms with Gasteiger partial charge in [0.15, 0.2) is 5.01 Å². The van der Waals surface area contributed by atoms with Crippen LogP contribution in [0.25, 0.3) is 10.6 Å². The van der Waals surface area contributed by atoms with Crippen LogP contribution in [-0.4, -0.2) is 21.1 Å². The minimum absolute atomic E-state index is 0.172. The number of hydrogen-bond donors (Lipinski definition) is 1. The van der Waals surface area contributed by atoms with Crippen LogP contribution < -0.4 is 5.32 Å². The fraction of sp³-hybridized carbons (Fsp3) is 0. The number of nitrogens with one attached hydrogen (secondary N) is 1. The van der Waals surface area contributed by atoms with E-state index in [0.717, 1.165) is 11.3 Å². The highest BCUT2D eigenvalue weighted by Gasteiger charge is 2.16. The van der Waals surface area contributed by atoms with Crippen molar-refractivity contribution in [3.05, 3.63) is 45.6 Å². The lowest BCUT2D eigenvalue weighted by Crippen LogP contribution is -2.11. The van der Waals surface area contributed by atoms with Crippen molar-refractivity contribution in [2.24, 2.45) is 0 Å². The average molecular weight is 341 g/mol. The fourth-order valence-corrected chi connectivity index (χ4v) is 3.20. The molecule has 106 valence electrons. The Kier molecular flexibility index (Phi) is 3.91. The first kappa shape index (κ1) is 14.1. The topological polar surface area (TPSA) is 67.8 Å². The van der Waals surface area contributed by atoms with Gasteiger partial charge in [-0.1, -0.05) is 29.0 Å². The Morgan fingerprint density at radius 3 is 2.90 bits per heavy atom. The van der Waals surface area contributed by atoms with Gasteiger partial charge in [0.05, 0.1) is 16.1 Å². The molecule has 1 N–H and O–H groups in total. The molecule has 9 heteroatoms. The maximum absolute atomic E-state index is 13.8. The highest BCUT2D eigenvalue weighted by molar-refractivity contribution is 7.18. The Morgan fingerprint density at radius 1 is 1.33 bits per heavy atom. The molecule has 2 heterocycles. The predicted molar refractivity (Wildman–Crippen MR) is 80.4 cm³/mol. The maximum atomic E-state index is 13.8. The number of hydrogen-bond acceptors (Lipinski definition) is 6. The van der Waals surface area contributed by atoms with Crippen molar-refractivity contribution in [1.82, 2.24) is 15.2 Å². The first-order valence-corrected chi connectivity index (χ1v) is 7.76. The molecule has 0 spiro atoms. The van der Waals surface area contributed by atoms with Gasteiger partial charge in [0.1, 0.15) is 11.5 Å². The van der Waals surface area contributed by atoms with Crippen molar-refractivity contribution in [2.75, 3.05) is 5.32 Å². The van der Waals surface area contributed by atoms with E-state index in [9.17, 15) is 9.18 Å². The second-order valence-corrected chi connectivity index (χ2v) is 5.94. The Hall–Kier alpha value is -1.90. The van der Waals surface area contributed by atoms with E-state index < -0.39 is 11.7 Å². The van der Waals surface area contributed by atoms with E-state index >= 15 is 0 Å². The molecule has 0 saturated heterocycles. The summed E-state index contributed by atoms with van der Waals surface area (Å²) in [5, 5.41) is 12.6. The molecule has 0 aliphatic rings. The molecule has 5 nitrogen and oxygen atoms in total. The monoisotopic (exact) mass is 340 g/mol. The van der Waals surface area contributed by atoms with Crippen molar-refractivity contribution in [2.45, 2.75) is 0 Å². The number of carbonyl (C=O) groups excluding carboxylic acids is 1. The molecule has 2 aromatic heterocycles. The third kappa shape index (κ3) is 2.92. The van der Waals surface area contributed by atoms with Crippen LogP contribution in [0.3, 0.4) is 0 Å². The number of amides is 1. The summed E-state index contributed by atoms with van der Waals surface area (Å²) >= 11 is 8.31. The second-order valence-electron chi connectivity index (χ2n) is 3.84. The van der Waals surface area contributed by atoms with E-state index in [1.165, 1.54) is 23.5 Å². The first-order chi connectivity index (χ1) is 10.1. The van der Waals surface area contributed by atoms with Crippen molar-refractivity contribution >= 4 is 45.3 Å². The second kappa shape index (κ2) is 5.84. The van der Waals surface area contributed by atoms with Crippen molar-refractivity contribution in [3.8, 4) is 10.6 Å². The number of rotatable bonds is 3. The van der Waals surface area contributed by atoms with Gasteiger partial charge in [-0.05, 0) is 12.1 Å². The summed E-state index contributed by atoms with van der Waals surface area (Å²) in [6, 6.07) is 4.36. The summed E-state index contributed by atoms with van der Waals surface area (Å²) in [6.07, 6.45) is 0. The van der Waals surface area contributed by atoms with E-state index in [2.05, 4.69) is 20.5 Å². The molecule has 3 rings (SSSR count). The molecule has 0 aliphatic carbocycles. The molecule has 3 aromatic rings. The zero-order valence-corrected chi connectivity index (χ0v) is 12.6. The normalized spacial score (nSPS) is 10.6. The zero-order valence-electron chi connectivity index (χ0n) is 10.2. The third-order valence-electron chi connectivity index (χ3n) is 2.49.